The highest BCUT2D eigenvalue weighted by atomic mass is 32.2. The fourth-order valence-electron chi connectivity index (χ4n) is 1.13. The van der Waals surface area contributed by atoms with Crippen molar-refractivity contribution in [2.75, 3.05) is 0 Å². The molecule has 0 bridgehead atoms. The molecular formula is C9H16F2O3S. The molecule has 0 aromatic heterocycles. The van der Waals surface area contributed by atoms with Crippen LogP contribution in [0.3, 0.4) is 0 Å². The second-order valence-electron chi connectivity index (χ2n) is 3.35. The van der Waals surface area contributed by atoms with E-state index < -0.39 is 22.1 Å². The van der Waals surface area contributed by atoms with Gasteiger partial charge in [-0.1, -0.05) is 32.6 Å². The van der Waals surface area contributed by atoms with Crippen LogP contribution in [-0.4, -0.2) is 19.8 Å². The van der Waals surface area contributed by atoms with Crippen molar-refractivity contribution in [3.63, 3.8) is 0 Å². The summed E-state index contributed by atoms with van der Waals surface area (Å²) >= 11 is -3.40. The summed E-state index contributed by atoms with van der Waals surface area (Å²) in [4.78, 5) is 10.8. The van der Waals surface area contributed by atoms with E-state index in [1.807, 2.05) is 6.92 Å². The zero-order valence-corrected chi connectivity index (χ0v) is 9.49. The molecule has 0 fully saturated rings. The third-order valence-electron chi connectivity index (χ3n) is 2.05. The van der Waals surface area contributed by atoms with Crippen LogP contribution in [0.15, 0.2) is 0 Å². The molecule has 6 heteroatoms. The van der Waals surface area contributed by atoms with Crippen LogP contribution >= 0.6 is 0 Å². The van der Waals surface area contributed by atoms with Gasteiger partial charge < -0.3 is 4.55 Å². The van der Waals surface area contributed by atoms with Gasteiger partial charge in [0.25, 0.3) is 0 Å². The molecule has 0 aliphatic rings. The van der Waals surface area contributed by atoms with E-state index in [0.717, 1.165) is 19.3 Å². The van der Waals surface area contributed by atoms with E-state index in [-0.39, 0.29) is 6.42 Å². The van der Waals surface area contributed by atoms with Crippen molar-refractivity contribution in [1.29, 1.82) is 0 Å². The Morgan fingerprint density at radius 2 is 1.80 bits per heavy atom. The van der Waals surface area contributed by atoms with Crippen LogP contribution in [0.4, 0.5) is 8.78 Å². The van der Waals surface area contributed by atoms with Crippen LogP contribution in [0.2, 0.25) is 0 Å². The summed E-state index contributed by atoms with van der Waals surface area (Å²) in [5, 5.41) is -4.11. The molecule has 0 aromatic carbocycles. The van der Waals surface area contributed by atoms with E-state index in [0.29, 0.717) is 12.8 Å². The van der Waals surface area contributed by atoms with Gasteiger partial charge in [-0.3, -0.25) is 4.79 Å². The van der Waals surface area contributed by atoms with E-state index in [4.69, 9.17) is 4.55 Å². The number of alkyl halides is 2. The number of unbranched alkanes of at least 4 members (excludes halogenated alkanes) is 4. The minimum absolute atomic E-state index is 0.330. The smallest absolute Gasteiger partial charge is 0.301 e. The van der Waals surface area contributed by atoms with E-state index in [2.05, 4.69) is 0 Å². The molecule has 15 heavy (non-hydrogen) atoms. The summed E-state index contributed by atoms with van der Waals surface area (Å²) in [5.41, 5.74) is 0. The lowest BCUT2D eigenvalue weighted by atomic mass is 10.1. The van der Waals surface area contributed by atoms with Gasteiger partial charge in [-0.25, -0.2) is 4.21 Å². The molecular weight excluding hydrogens is 226 g/mol. The molecule has 0 aliphatic heterocycles. The summed E-state index contributed by atoms with van der Waals surface area (Å²) < 4.78 is 43.6. The molecule has 90 valence electrons. The Kier molecular flexibility index (Phi) is 6.84. The maximum Gasteiger partial charge on any atom is 0.402 e. The van der Waals surface area contributed by atoms with Crippen molar-refractivity contribution < 1.29 is 22.3 Å². The van der Waals surface area contributed by atoms with Crippen molar-refractivity contribution in [2.45, 2.75) is 50.7 Å². The molecule has 0 aromatic rings. The van der Waals surface area contributed by atoms with Gasteiger partial charge in [0.1, 0.15) is 0 Å². The van der Waals surface area contributed by atoms with Gasteiger partial charge in [0.15, 0.2) is 0 Å². The van der Waals surface area contributed by atoms with Crippen LogP contribution in [0.25, 0.3) is 0 Å². The van der Waals surface area contributed by atoms with E-state index in [1.165, 1.54) is 0 Å². The van der Waals surface area contributed by atoms with Crippen LogP contribution in [0.1, 0.15) is 45.4 Å². The van der Waals surface area contributed by atoms with Crippen LogP contribution in [0.5, 0.6) is 0 Å². The fraction of sp³-hybridized carbons (Fsp3) is 0.889. The third kappa shape index (κ3) is 5.32. The minimum atomic E-state index is -4.11. The molecule has 1 unspecified atom stereocenters. The van der Waals surface area contributed by atoms with E-state index >= 15 is 0 Å². The Labute approximate surface area is 90.5 Å². The highest BCUT2D eigenvalue weighted by Gasteiger charge is 2.44. The molecule has 1 N–H and O–H groups in total. The average Bonchev–Trinajstić information content (AvgIpc) is 2.16. The van der Waals surface area contributed by atoms with Crippen molar-refractivity contribution in [3.05, 3.63) is 0 Å². The molecule has 0 radical (unpaired) electrons. The number of carbonyl (C=O) groups excluding carboxylic acids is 1. The van der Waals surface area contributed by atoms with Crippen molar-refractivity contribution in [3.8, 4) is 0 Å². The standard InChI is InChI=1S/C9H16F2O3S/c1-2-3-4-5-6-7-8(12)9(10,11)15(13)14/h2-7H2,1H3,(H,13,14). The van der Waals surface area contributed by atoms with Crippen molar-refractivity contribution >= 4 is 16.9 Å². The van der Waals surface area contributed by atoms with Crippen LogP contribution < -0.4 is 0 Å². The lowest BCUT2D eigenvalue weighted by Crippen LogP contribution is -2.33. The Morgan fingerprint density at radius 3 is 2.27 bits per heavy atom. The van der Waals surface area contributed by atoms with Crippen molar-refractivity contribution in [2.24, 2.45) is 0 Å². The Morgan fingerprint density at radius 1 is 1.27 bits per heavy atom. The molecule has 0 spiro atoms. The minimum Gasteiger partial charge on any atom is -0.301 e. The number of hydrogen-bond acceptors (Lipinski definition) is 2. The van der Waals surface area contributed by atoms with E-state index in [1.54, 1.807) is 0 Å². The number of Topliss-reactive ketones (excluding diaryl/α,β-unsaturated/α-hetero) is 1. The first kappa shape index (κ1) is 14.6. The highest BCUT2D eigenvalue weighted by molar-refractivity contribution is 7.81. The Balaban J connectivity index is 3.79. The summed E-state index contributed by atoms with van der Waals surface area (Å²) in [6.07, 6.45) is 3.67. The van der Waals surface area contributed by atoms with Gasteiger partial charge >= 0.3 is 5.25 Å². The Hall–Kier alpha value is -0.360. The van der Waals surface area contributed by atoms with Gasteiger partial charge in [-0.15, -0.1) is 0 Å². The molecule has 0 amide bonds. The zero-order chi connectivity index (χ0) is 11.9. The lowest BCUT2D eigenvalue weighted by molar-refractivity contribution is -0.133. The largest absolute Gasteiger partial charge is 0.402 e. The number of hydrogen-bond donors (Lipinski definition) is 1. The molecule has 0 saturated carbocycles. The first-order valence-corrected chi connectivity index (χ1v) is 6.05. The molecule has 0 aliphatic carbocycles. The van der Waals surface area contributed by atoms with Gasteiger partial charge in [0.05, 0.1) is 0 Å². The van der Waals surface area contributed by atoms with Crippen LogP contribution in [-0.2, 0) is 15.9 Å². The van der Waals surface area contributed by atoms with Gasteiger partial charge in [-0.2, -0.15) is 8.78 Å². The predicted octanol–water partition coefficient (Wildman–Crippen LogP) is 2.73. The second kappa shape index (κ2) is 7.00. The summed E-state index contributed by atoms with van der Waals surface area (Å²) in [6.45, 7) is 2.02. The Bertz CT molecular complexity index is 231. The van der Waals surface area contributed by atoms with Crippen LogP contribution in [0, 0.1) is 0 Å². The highest BCUT2D eigenvalue weighted by Crippen LogP contribution is 2.21. The van der Waals surface area contributed by atoms with Gasteiger partial charge in [-0.05, 0) is 6.42 Å². The predicted molar refractivity (Wildman–Crippen MR) is 54.1 cm³/mol. The number of carbonyl (C=O) groups is 1. The molecule has 0 saturated heterocycles. The summed E-state index contributed by atoms with van der Waals surface area (Å²) in [5.74, 6) is -1.44. The number of rotatable bonds is 8. The molecule has 3 nitrogen and oxygen atoms in total. The number of ketones is 1. The second-order valence-corrected chi connectivity index (χ2v) is 4.36. The first-order chi connectivity index (χ1) is 6.92. The summed E-state index contributed by atoms with van der Waals surface area (Å²) in [6, 6.07) is 0. The molecule has 1 atom stereocenters. The SMILES string of the molecule is CCCCCCCC(=O)C(F)(F)S(=O)O. The van der Waals surface area contributed by atoms with Crippen molar-refractivity contribution in [1.82, 2.24) is 0 Å². The fourth-order valence-corrected chi connectivity index (χ4v) is 1.43. The normalized spacial score (nSPS) is 13.9. The first-order valence-electron chi connectivity index (χ1n) is 4.95. The quantitative estimate of drug-likeness (QED) is 0.526. The maximum atomic E-state index is 12.6. The maximum absolute atomic E-state index is 12.6. The average molecular weight is 242 g/mol. The van der Waals surface area contributed by atoms with Gasteiger partial charge in [0.2, 0.25) is 16.9 Å². The van der Waals surface area contributed by atoms with Gasteiger partial charge in [0, 0.05) is 6.42 Å². The lowest BCUT2D eigenvalue weighted by Gasteiger charge is -2.09. The molecule has 0 heterocycles. The monoisotopic (exact) mass is 242 g/mol. The number of halogens is 2. The third-order valence-corrected chi connectivity index (χ3v) is 2.72. The zero-order valence-electron chi connectivity index (χ0n) is 8.67. The summed E-state index contributed by atoms with van der Waals surface area (Å²) in [7, 11) is 0. The van der Waals surface area contributed by atoms with E-state index in [9.17, 15) is 17.8 Å². The topological polar surface area (TPSA) is 54.4 Å². The molecule has 0 rings (SSSR count).